The molecular formula is C19H24FN. The Morgan fingerprint density at radius 1 is 1.05 bits per heavy atom. The van der Waals surface area contributed by atoms with Crippen LogP contribution in [0.5, 0.6) is 0 Å². The van der Waals surface area contributed by atoms with Crippen LogP contribution in [0.2, 0.25) is 0 Å². The molecule has 1 atom stereocenters. The summed E-state index contributed by atoms with van der Waals surface area (Å²) in [5.41, 5.74) is 3.52. The van der Waals surface area contributed by atoms with E-state index in [9.17, 15) is 4.39 Å². The first-order valence-electron chi connectivity index (χ1n) is 7.41. The molecule has 0 aliphatic rings. The summed E-state index contributed by atoms with van der Waals surface area (Å²) < 4.78 is 13.2. The fraction of sp³-hybridized carbons (Fsp3) is 0.368. The third-order valence-corrected chi connectivity index (χ3v) is 3.80. The van der Waals surface area contributed by atoms with Gasteiger partial charge in [-0.15, -0.1) is 0 Å². The monoisotopic (exact) mass is 285 g/mol. The van der Waals surface area contributed by atoms with Crippen LogP contribution in [-0.4, -0.2) is 0 Å². The Morgan fingerprint density at radius 3 is 2.29 bits per heavy atom. The van der Waals surface area contributed by atoms with Crippen LogP contribution >= 0.6 is 0 Å². The normalized spacial score (nSPS) is 13.2. The van der Waals surface area contributed by atoms with E-state index in [0.717, 1.165) is 17.7 Å². The molecule has 2 aromatic rings. The number of nitrogens with one attached hydrogen (secondary N) is 1. The van der Waals surface area contributed by atoms with Crippen LogP contribution < -0.4 is 5.32 Å². The van der Waals surface area contributed by atoms with Gasteiger partial charge >= 0.3 is 0 Å². The zero-order valence-electron chi connectivity index (χ0n) is 13.3. The summed E-state index contributed by atoms with van der Waals surface area (Å²) in [6, 6.07) is 15.7. The highest BCUT2D eigenvalue weighted by molar-refractivity contribution is 5.27. The molecule has 0 fully saturated rings. The Hall–Kier alpha value is -1.67. The average molecular weight is 285 g/mol. The number of halogens is 1. The molecule has 0 aromatic heterocycles. The van der Waals surface area contributed by atoms with Gasteiger partial charge in [0.25, 0.3) is 0 Å². The molecule has 2 heteroatoms. The van der Waals surface area contributed by atoms with Gasteiger partial charge in [0, 0.05) is 12.6 Å². The summed E-state index contributed by atoms with van der Waals surface area (Å²) in [7, 11) is 0. The van der Waals surface area contributed by atoms with E-state index in [1.807, 2.05) is 19.1 Å². The molecule has 2 aromatic carbocycles. The fourth-order valence-corrected chi connectivity index (χ4v) is 2.64. The second kappa shape index (κ2) is 6.40. The standard InChI is InChI=1S/C19H24FN/c1-14-12-17(20)11-10-16(14)13-21-18(19(2,3)4)15-8-6-5-7-9-15/h5-12,18,21H,13H2,1-4H3. The van der Waals surface area contributed by atoms with E-state index < -0.39 is 0 Å². The fourth-order valence-electron chi connectivity index (χ4n) is 2.64. The number of hydrogen-bond donors (Lipinski definition) is 1. The minimum absolute atomic E-state index is 0.106. The highest BCUT2D eigenvalue weighted by atomic mass is 19.1. The van der Waals surface area contributed by atoms with E-state index in [2.05, 4.69) is 50.4 Å². The minimum atomic E-state index is -0.174. The van der Waals surface area contributed by atoms with Gasteiger partial charge in [-0.3, -0.25) is 0 Å². The average Bonchev–Trinajstić information content (AvgIpc) is 2.41. The lowest BCUT2D eigenvalue weighted by Crippen LogP contribution is -2.32. The summed E-state index contributed by atoms with van der Waals surface area (Å²) in [5.74, 6) is -0.174. The predicted molar refractivity (Wildman–Crippen MR) is 86.6 cm³/mol. The summed E-state index contributed by atoms with van der Waals surface area (Å²) >= 11 is 0. The van der Waals surface area contributed by atoms with E-state index in [1.165, 1.54) is 11.6 Å². The van der Waals surface area contributed by atoms with Gasteiger partial charge in [-0.05, 0) is 41.2 Å². The van der Waals surface area contributed by atoms with Crippen LogP contribution in [0.1, 0.15) is 43.5 Å². The Kier molecular flexibility index (Phi) is 4.79. The maximum Gasteiger partial charge on any atom is 0.123 e. The molecule has 1 unspecified atom stereocenters. The highest BCUT2D eigenvalue weighted by Crippen LogP contribution is 2.33. The first-order chi connectivity index (χ1) is 9.88. The maximum atomic E-state index is 13.2. The summed E-state index contributed by atoms with van der Waals surface area (Å²) in [4.78, 5) is 0. The smallest absolute Gasteiger partial charge is 0.123 e. The molecule has 21 heavy (non-hydrogen) atoms. The first kappa shape index (κ1) is 15.7. The molecule has 0 bridgehead atoms. The summed E-state index contributed by atoms with van der Waals surface area (Å²) in [6.45, 7) is 9.39. The largest absolute Gasteiger partial charge is 0.305 e. The van der Waals surface area contributed by atoms with Crippen LogP contribution in [0.3, 0.4) is 0 Å². The number of hydrogen-bond acceptors (Lipinski definition) is 1. The van der Waals surface area contributed by atoms with Gasteiger partial charge in [0.1, 0.15) is 5.82 Å². The van der Waals surface area contributed by atoms with Gasteiger partial charge in [-0.25, -0.2) is 4.39 Å². The molecule has 0 spiro atoms. The topological polar surface area (TPSA) is 12.0 Å². The summed E-state index contributed by atoms with van der Waals surface area (Å²) in [6.07, 6.45) is 0. The van der Waals surface area contributed by atoms with Crippen LogP contribution in [0.4, 0.5) is 4.39 Å². The lowest BCUT2D eigenvalue weighted by molar-refractivity contribution is 0.271. The van der Waals surface area contributed by atoms with Crippen LogP contribution in [0, 0.1) is 18.2 Å². The molecule has 1 nitrogen and oxygen atoms in total. The zero-order valence-corrected chi connectivity index (χ0v) is 13.3. The van der Waals surface area contributed by atoms with Crippen LogP contribution in [0.25, 0.3) is 0 Å². The third kappa shape index (κ3) is 4.15. The molecule has 112 valence electrons. The molecule has 0 heterocycles. The molecule has 0 amide bonds. The Balaban J connectivity index is 2.17. The molecule has 0 saturated heterocycles. The number of benzene rings is 2. The van der Waals surface area contributed by atoms with Gasteiger partial charge in [0.2, 0.25) is 0 Å². The van der Waals surface area contributed by atoms with Crippen molar-refractivity contribution in [2.45, 2.75) is 40.3 Å². The van der Waals surface area contributed by atoms with E-state index in [1.54, 1.807) is 6.07 Å². The van der Waals surface area contributed by atoms with Crippen molar-refractivity contribution in [3.05, 3.63) is 71.0 Å². The van der Waals surface area contributed by atoms with Crippen molar-refractivity contribution in [2.75, 3.05) is 0 Å². The van der Waals surface area contributed by atoms with Gasteiger partial charge in [-0.1, -0.05) is 57.2 Å². The lowest BCUT2D eigenvalue weighted by atomic mass is 9.82. The SMILES string of the molecule is Cc1cc(F)ccc1CNC(c1ccccc1)C(C)(C)C. The third-order valence-electron chi connectivity index (χ3n) is 3.80. The number of aryl methyl sites for hydroxylation is 1. The van der Waals surface area contributed by atoms with Crippen molar-refractivity contribution in [2.24, 2.45) is 5.41 Å². The minimum Gasteiger partial charge on any atom is -0.305 e. The van der Waals surface area contributed by atoms with Crippen molar-refractivity contribution in [3.8, 4) is 0 Å². The summed E-state index contributed by atoms with van der Waals surface area (Å²) in [5, 5.41) is 3.63. The zero-order chi connectivity index (χ0) is 15.5. The van der Waals surface area contributed by atoms with E-state index in [-0.39, 0.29) is 17.3 Å². The van der Waals surface area contributed by atoms with Gasteiger partial charge in [0.05, 0.1) is 0 Å². The second-order valence-corrected chi connectivity index (χ2v) is 6.66. The number of rotatable bonds is 4. The first-order valence-corrected chi connectivity index (χ1v) is 7.41. The highest BCUT2D eigenvalue weighted by Gasteiger charge is 2.25. The molecule has 0 aliphatic carbocycles. The molecular weight excluding hydrogens is 261 g/mol. The van der Waals surface area contributed by atoms with Crippen molar-refractivity contribution in [1.82, 2.24) is 5.32 Å². The Bertz CT molecular complexity index is 584. The molecule has 1 N–H and O–H groups in total. The van der Waals surface area contributed by atoms with Gasteiger partial charge < -0.3 is 5.32 Å². The van der Waals surface area contributed by atoms with Crippen molar-refractivity contribution < 1.29 is 4.39 Å². The van der Waals surface area contributed by atoms with Gasteiger partial charge in [0.15, 0.2) is 0 Å². The van der Waals surface area contributed by atoms with E-state index in [0.29, 0.717) is 0 Å². The molecule has 0 saturated carbocycles. The van der Waals surface area contributed by atoms with Gasteiger partial charge in [-0.2, -0.15) is 0 Å². The second-order valence-electron chi connectivity index (χ2n) is 6.66. The van der Waals surface area contributed by atoms with Crippen LogP contribution in [-0.2, 0) is 6.54 Å². The predicted octanol–water partition coefficient (Wildman–Crippen LogP) is 5.01. The van der Waals surface area contributed by atoms with Crippen molar-refractivity contribution in [1.29, 1.82) is 0 Å². The molecule has 2 rings (SSSR count). The van der Waals surface area contributed by atoms with E-state index in [4.69, 9.17) is 0 Å². The quantitative estimate of drug-likeness (QED) is 0.832. The van der Waals surface area contributed by atoms with Crippen LogP contribution in [0.15, 0.2) is 48.5 Å². The van der Waals surface area contributed by atoms with E-state index >= 15 is 0 Å². The Labute approximate surface area is 127 Å². The molecule has 0 aliphatic heterocycles. The van der Waals surface area contributed by atoms with Crippen molar-refractivity contribution in [3.63, 3.8) is 0 Å². The lowest BCUT2D eigenvalue weighted by Gasteiger charge is -2.32. The molecule has 0 radical (unpaired) electrons. The van der Waals surface area contributed by atoms with Crippen molar-refractivity contribution >= 4 is 0 Å². The maximum absolute atomic E-state index is 13.2. The Morgan fingerprint density at radius 2 is 1.71 bits per heavy atom.